The summed E-state index contributed by atoms with van der Waals surface area (Å²) < 4.78 is 5.69. The van der Waals surface area contributed by atoms with Gasteiger partial charge in [-0.15, -0.1) is 11.3 Å². The molecule has 2 atom stereocenters. The third-order valence-electron chi connectivity index (χ3n) is 2.71. The van der Waals surface area contributed by atoms with Crippen LogP contribution in [-0.2, 0) is 11.2 Å². The molecule has 98 valence electrons. The molecule has 1 N–H and O–H groups in total. The number of hydrogen-bond donors (Lipinski definition) is 1. The fourth-order valence-corrected chi connectivity index (χ4v) is 2.63. The normalized spacial score (nSPS) is 14.8. The van der Waals surface area contributed by atoms with Gasteiger partial charge in [-0.05, 0) is 33.7 Å². The van der Waals surface area contributed by atoms with E-state index in [1.807, 2.05) is 13.8 Å². The Bertz CT molecular complexity index is 314. The van der Waals surface area contributed by atoms with Gasteiger partial charge in [0, 0.05) is 30.1 Å². The van der Waals surface area contributed by atoms with Crippen LogP contribution in [0.25, 0.3) is 0 Å². The number of ether oxygens (including phenoxy) is 1. The van der Waals surface area contributed by atoms with Crippen LogP contribution in [0, 0.1) is 6.92 Å². The van der Waals surface area contributed by atoms with Crippen LogP contribution in [0.5, 0.6) is 0 Å². The number of thiazole rings is 1. The van der Waals surface area contributed by atoms with Crippen molar-refractivity contribution >= 4 is 11.3 Å². The zero-order valence-electron chi connectivity index (χ0n) is 11.3. The highest BCUT2D eigenvalue weighted by molar-refractivity contribution is 7.09. The third-order valence-corrected chi connectivity index (χ3v) is 3.70. The Morgan fingerprint density at radius 3 is 2.76 bits per heavy atom. The molecular weight excluding hydrogens is 232 g/mol. The largest absolute Gasteiger partial charge is 0.377 e. The summed E-state index contributed by atoms with van der Waals surface area (Å²) in [6, 6.07) is 0.362. The lowest BCUT2D eigenvalue weighted by Crippen LogP contribution is -2.41. The highest BCUT2D eigenvalue weighted by Crippen LogP contribution is 2.13. The molecule has 2 unspecified atom stereocenters. The van der Waals surface area contributed by atoms with Crippen molar-refractivity contribution in [1.82, 2.24) is 10.3 Å². The Morgan fingerprint density at radius 1 is 1.47 bits per heavy atom. The quantitative estimate of drug-likeness (QED) is 0.776. The maximum Gasteiger partial charge on any atom is 0.0944 e. The van der Waals surface area contributed by atoms with Crippen molar-refractivity contribution < 1.29 is 4.74 Å². The van der Waals surface area contributed by atoms with Crippen molar-refractivity contribution in [3.8, 4) is 0 Å². The summed E-state index contributed by atoms with van der Waals surface area (Å²) in [5, 5.41) is 6.86. The molecule has 17 heavy (non-hydrogen) atoms. The second kappa shape index (κ2) is 7.80. The van der Waals surface area contributed by atoms with E-state index in [9.17, 15) is 0 Å². The van der Waals surface area contributed by atoms with E-state index < -0.39 is 0 Å². The summed E-state index contributed by atoms with van der Waals surface area (Å²) in [5.41, 5.74) is 1.11. The van der Waals surface area contributed by atoms with Crippen LogP contribution >= 0.6 is 11.3 Å². The fourth-order valence-electron chi connectivity index (χ4n) is 1.80. The molecule has 0 radical (unpaired) electrons. The maximum absolute atomic E-state index is 5.69. The Labute approximate surface area is 109 Å². The molecule has 0 aromatic carbocycles. The van der Waals surface area contributed by atoms with E-state index in [4.69, 9.17) is 4.74 Å². The van der Waals surface area contributed by atoms with Gasteiger partial charge in [0.15, 0.2) is 0 Å². The predicted molar refractivity (Wildman–Crippen MR) is 73.7 cm³/mol. The Morgan fingerprint density at radius 2 is 2.24 bits per heavy atom. The van der Waals surface area contributed by atoms with E-state index in [2.05, 4.69) is 29.5 Å². The molecule has 0 bridgehead atoms. The smallest absolute Gasteiger partial charge is 0.0944 e. The van der Waals surface area contributed by atoms with Crippen LogP contribution in [0.2, 0.25) is 0 Å². The first-order chi connectivity index (χ1) is 8.17. The van der Waals surface area contributed by atoms with Crippen molar-refractivity contribution in [1.29, 1.82) is 0 Å². The number of nitrogens with one attached hydrogen (secondary N) is 1. The number of rotatable bonds is 8. The maximum atomic E-state index is 5.69. The van der Waals surface area contributed by atoms with Gasteiger partial charge in [0.2, 0.25) is 0 Å². The highest BCUT2D eigenvalue weighted by atomic mass is 32.1. The first kappa shape index (κ1) is 14.6. The minimum atomic E-state index is 0.232. The van der Waals surface area contributed by atoms with Gasteiger partial charge in [0.05, 0.1) is 11.1 Å². The Balaban J connectivity index is 2.55. The van der Waals surface area contributed by atoms with Crippen LogP contribution in [0.4, 0.5) is 0 Å². The topological polar surface area (TPSA) is 34.2 Å². The zero-order valence-corrected chi connectivity index (χ0v) is 12.1. The van der Waals surface area contributed by atoms with Crippen molar-refractivity contribution in [3.05, 3.63) is 16.1 Å². The van der Waals surface area contributed by atoms with Gasteiger partial charge in [0.1, 0.15) is 0 Å². The first-order valence-electron chi connectivity index (χ1n) is 6.43. The monoisotopic (exact) mass is 256 g/mol. The molecule has 0 aliphatic heterocycles. The van der Waals surface area contributed by atoms with Gasteiger partial charge in [-0.2, -0.15) is 0 Å². The van der Waals surface area contributed by atoms with Crippen molar-refractivity contribution in [3.63, 3.8) is 0 Å². The summed E-state index contributed by atoms with van der Waals surface area (Å²) in [6.07, 6.45) is 2.34. The summed E-state index contributed by atoms with van der Waals surface area (Å²) in [5.74, 6) is 0. The van der Waals surface area contributed by atoms with Gasteiger partial charge < -0.3 is 10.1 Å². The van der Waals surface area contributed by atoms with E-state index >= 15 is 0 Å². The van der Waals surface area contributed by atoms with E-state index in [1.54, 1.807) is 11.3 Å². The van der Waals surface area contributed by atoms with Gasteiger partial charge in [0.25, 0.3) is 0 Å². The molecule has 4 heteroatoms. The van der Waals surface area contributed by atoms with E-state index in [-0.39, 0.29) is 6.10 Å². The van der Waals surface area contributed by atoms with Gasteiger partial charge in [-0.1, -0.05) is 6.92 Å². The van der Waals surface area contributed by atoms with Gasteiger partial charge in [-0.25, -0.2) is 4.98 Å². The summed E-state index contributed by atoms with van der Waals surface area (Å²) in [6.45, 7) is 10.2. The van der Waals surface area contributed by atoms with Crippen LogP contribution in [0.3, 0.4) is 0 Å². The fraction of sp³-hybridized carbons (Fsp3) is 0.769. The number of hydrogen-bond acceptors (Lipinski definition) is 4. The third kappa shape index (κ3) is 5.15. The first-order valence-corrected chi connectivity index (χ1v) is 7.31. The summed E-state index contributed by atoms with van der Waals surface area (Å²) in [4.78, 5) is 4.52. The number of aryl methyl sites for hydroxylation is 1. The van der Waals surface area contributed by atoms with Crippen LogP contribution in [0.15, 0.2) is 5.38 Å². The molecule has 0 spiro atoms. The lowest BCUT2D eigenvalue weighted by Gasteiger charge is -2.24. The second-order valence-corrected chi connectivity index (χ2v) is 5.25. The van der Waals surface area contributed by atoms with Crippen molar-refractivity contribution in [2.75, 3.05) is 13.2 Å². The van der Waals surface area contributed by atoms with Crippen LogP contribution in [-0.4, -0.2) is 30.3 Å². The molecule has 1 aromatic heterocycles. The van der Waals surface area contributed by atoms with E-state index in [1.165, 1.54) is 5.01 Å². The zero-order chi connectivity index (χ0) is 12.7. The average Bonchev–Trinajstić information content (AvgIpc) is 2.70. The standard InChI is InChI=1S/C13H24N2OS/c1-5-7-14-12(11(4)16-6-2)8-13-15-10(3)9-17-13/h9,11-12,14H,5-8H2,1-4H3. The average molecular weight is 256 g/mol. The molecular formula is C13H24N2OS. The summed E-state index contributed by atoms with van der Waals surface area (Å²) >= 11 is 1.74. The molecule has 1 rings (SSSR count). The summed E-state index contributed by atoms with van der Waals surface area (Å²) in [7, 11) is 0. The number of aromatic nitrogens is 1. The lowest BCUT2D eigenvalue weighted by molar-refractivity contribution is 0.0476. The minimum absolute atomic E-state index is 0.232. The molecule has 0 saturated heterocycles. The highest BCUT2D eigenvalue weighted by Gasteiger charge is 2.18. The van der Waals surface area contributed by atoms with Crippen LogP contribution < -0.4 is 5.32 Å². The molecule has 0 aliphatic carbocycles. The predicted octanol–water partition coefficient (Wildman–Crippen LogP) is 2.79. The van der Waals surface area contributed by atoms with Gasteiger partial charge >= 0.3 is 0 Å². The molecule has 0 aliphatic rings. The molecule has 0 saturated carbocycles. The van der Waals surface area contributed by atoms with E-state index in [0.29, 0.717) is 6.04 Å². The lowest BCUT2D eigenvalue weighted by atomic mass is 10.1. The minimum Gasteiger partial charge on any atom is -0.377 e. The molecule has 0 fully saturated rings. The van der Waals surface area contributed by atoms with Crippen molar-refractivity contribution in [2.24, 2.45) is 0 Å². The van der Waals surface area contributed by atoms with E-state index in [0.717, 1.165) is 31.7 Å². The Kier molecular flexibility index (Phi) is 6.70. The Hall–Kier alpha value is -0.450. The second-order valence-electron chi connectivity index (χ2n) is 4.31. The SMILES string of the molecule is CCCNC(Cc1nc(C)cs1)C(C)OCC. The molecule has 3 nitrogen and oxygen atoms in total. The van der Waals surface area contributed by atoms with Gasteiger partial charge in [-0.3, -0.25) is 0 Å². The van der Waals surface area contributed by atoms with Crippen molar-refractivity contribution in [2.45, 2.75) is 52.7 Å². The molecule has 0 amide bonds. The van der Waals surface area contributed by atoms with Crippen LogP contribution in [0.1, 0.15) is 37.9 Å². The number of nitrogens with zero attached hydrogens (tertiary/aromatic N) is 1. The molecule has 1 heterocycles. The molecule has 1 aromatic rings.